The summed E-state index contributed by atoms with van der Waals surface area (Å²) in [6.45, 7) is 0. The van der Waals surface area contributed by atoms with Crippen molar-refractivity contribution in [3.05, 3.63) is 189 Å². The molecule has 61 heavy (non-hydrogen) atoms. The van der Waals surface area contributed by atoms with Gasteiger partial charge in [-0.25, -0.2) is 19.9 Å². The third-order valence-corrected chi connectivity index (χ3v) is 10.5. The van der Waals surface area contributed by atoms with Gasteiger partial charge in [0.05, 0.1) is 4.11 Å². The molecule has 9 nitrogen and oxygen atoms in total. The minimum absolute atomic E-state index is 0. The number of aromatic nitrogens is 7. The van der Waals surface area contributed by atoms with Crippen molar-refractivity contribution in [2.75, 3.05) is 0 Å². The number of hydrogen-bond donors (Lipinski definition) is 0. The van der Waals surface area contributed by atoms with Crippen molar-refractivity contribution in [1.29, 1.82) is 0 Å². The van der Waals surface area contributed by atoms with Crippen molar-refractivity contribution in [3.63, 3.8) is 0 Å². The van der Waals surface area contributed by atoms with E-state index in [1.54, 1.807) is 17.0 Å². The maximum absolute atomic E-state index is 8.41. The first kappa shape index (κ1) is 34.9. The van der Waals surface area contributed by atoms with Gasteiger partial charge in [-0.15, -0.1) is 59.3 Å². The van der Waals surface area contributed by atoms with E-state index in [2.05, 4.69) is 77.6 Å². The number of fused-ring (bicyclic) bond motifs is 9. The smallest absolute Gasteiger partial charge is 0.509 e. The van der Waals surface area contributed by atoms with Crippen molar-refractivity contribution in [3.8, 4) is 40.6 Å². The van der Waals surface area contributed by atoms with Crippen LogP contribution in [0.25, 0.3) is 83.0 Å². The minimum Gasteiger partial charge on any atom is -0.509 e. The van der Waals surface area contributed by atoms with Gasteiger partial charge in [0.1, 0.15) is 11.6 Å². The van der Waals surface area contributed by atoms with Crippen LogP contribution in [-0.4, -0.2) is 33.6 Å². The average Bonchev–Trinajstić information content (AvgIpc) is 3.93. The number of hydrogen-bond acceptors (Lipinski definition) is 6. The molecule has 12 aromatic rings. The maximum Gasteiger partial charge on any atom is 2.00 e. The Morgan fingerprint density at radius 2 is 0.770 bits per heavy atom. The maximum atomic E-state index is 8.41. The van der Waals surface area contributed by atoms with E-state index in [0.29, 0.717) is 34.0 Å². The van der Waals surface area contributed by atoms with Gasteiger partial charge in [0.15, 0.2) is 0 Å². The molecule has 12 rings (SSSR count). The third kappa shape index (κ3) is 6.40. The number of pyridine rings is 2. The molecule has 0 saturated heterocycles. The predicted molar refractivity (Wildman–Crippen MR) is 229 cm³/mol. The molecule has 0 amide bonds. The molecule has 6 aromatic carbocycles. The van der Waals surface area contributed by atoms with Crippen LogP contribution in [0.4, 0.5) is 0 Å². The molecule has 0 aliphatic heterocycles. The molecule has 0 saturated carbocycles. The van der Waals surface area contributed by atoms with Gasteiger partial charge in [-0.1, -0.05) is 70.6 Å². The molecule has 6 heterocycles. The normalized spacial score (nSPS) is 12.0. The van der Waals surface area contributed by atoms with Crippen LogP contribution in [0.2, 0.25) is 0 Å². The first-order chi connectivity index (χ1) is 30.5. The van der Waals surface area contributed by atoms with Crippen molar-refractivity contribution in [2.24, 2.45) is 0 Å². The van der Waals surface area contributed by atoms with E-state index in [4.69, 9.17) is 13.6 Å². The van der Waals surface area contributed by atoms with E-state index in [0.717, 1.165) is 66.0 Å². The van der Waals surface area contributed by atoms with Crippen molar-refractivity contribution >= 4 is 65.4 Å². The zero-order chi connectivity index (χ0) is 41.5. The first-order valence-corrected chi connectivity index (χ1v) is 18.8. The summed E-state index contributed by atoms with van der Waals surface area (Å²) in [6, 6.07) is 56.6. The summed E-state index contributed by atoms with van der Waals surface area (Å²) in [4.78, 5) is 18.0. The monoisotopic (exact) mass is 1150 g/mol. The van der Waals surface area contributed by atoms with Crippen molar-refractivity contribution in [1.82, 2.24) is 33.6 Å². The number of rotatable bonds is 7. The third-order valence-electron chi connectivity index (χ3n) is 10.5. The second-order valence-corrected chi connectivity index (χ2v) is 13.8. The molecule has 0 N–H and O–H groups in total. The van der Waals surface area contributed by atoms with Crippen LogP contribution in [0.5, 0.6) is 23.0 Å². The summed E-state index contributed by atoms with van der Waals surface area (Å²) in [5.74, 6) is 3.23. The standard InChI is InChI=1S/C50H27N7O2.2Pt/c1-3-12-42-36(10-1)38-20-16-32(28-44(38)55(42)48-14-5-7-24-51-48)58-34-18-22-40-41-23-19-35(31-47(41)57(46(40)30-34)50-53-26-9-27-54-50)59-33-17-21-39-37-11-2-4-13-43(37)56(45(39)29-33)49-15-6-8-25-52-49;;/h1-27H;;/q-4;2*+2/i9D,26D,27D;;. The second-order valence-electron chi connectivity index (χ2n) is 13.8. The number of nitrogens with zero attached hydrogens (tertiary/aromatic N) is 7. The Bertz CT molecular complexity index is 3530. The summed E-state index contributed by atoms with van der Waals surface area (Å²) in [5.41, 5.74) is 4.64. The number of para-hydroxylation sites is 2. The Balaban J connectivity index is 0.00000242. The Morgan fingerprint density at radius 3 is 1.18 bits per heavy atom. The van der Waals surface area contributed by atoms with E-state index < -0.39 is 0 Å². The van der Waals surface area contributed by atoms with Crippen LogP contribution < -0.4 is 9.47 Å². The zero-order valence-corrected chi connectivity index (χ0v) is 36.0. The van der Waals surface area contributed by atoms with Crippen LogP contribution in [-0.2, 0) is 42.1 Å². The number of benzene rings is 6. The Kier molecular flexibility index (Phi) is 8.92. The fourth-order valence-electron chi connectivity index (χ4n) is 8.00. The second kappa shape index (κ2) is 15.6. The average molecular weight is 1150 g/mol. The molecule has 0 fully saturated rings. The Labute approximate surface area is 381 Å². The molecular formula is C50H27N7O2Pt2. The van der Waals surface area contributed by atoms with Gasteiger partial charge in [0, 0.05) is 58.8 Å². The van der Waals surface area contributed by atoms with Crippen LogP contribution in [0.1, 0.15) is 4.11 Å². The van der Waals surface area contributed by atoms with Gasteiger partial charge < -0.3 is 23.2 Å². The molecule has 0 atom stereocenters. The van der Waals surface area contributed by atoms with Crippen molar-refractivity contribution < 1.29 is 55.7 Å². The predicted octanol–water partition coefficient (Wildman–Crippen LogP) is 11.3. The molecular weight excluding hydrogens is 1120 g/mol. The quantitative estimate of drug-likeness (QED) is 0.148. The van der Waals surface area contributed by atoms with E-state index >= 15 is 0 Å². The van der Waals surface area contributed by atoms with E-state index in [1.807, 2.05) is 109 Å². The minimum atomic E-state index is -0.382. The van der Waals surface area contributed by atoms with Crippen LogP contribution >= 0.6 is 0 Å². The van der Waals surface area contributed by atoms with Crippen LogP contribution in [0.3, 0.4) is 0 Å². The largest absolute Gasteiger partial charge is 2.00 e. The number of ether oxygens (including phenoxy) is 2. The van der Waals surface area contributed by atoms with Gasteiger partial charge >= 0.3 is 42.1 Å². The fraction of sp³-hybridized carbons (Fsp3) is 0. The van der Waals surface area contributed by atoms with Gasteiger partial charge in [0.25, 0.3) is 0 Å². The topological polar surface area (TPSA) is 84.8 Å². The Morgan fingerprint density at radius 1 is 0.393 bits per heavy atom. The SMILES string of the molecule is [2H]c1nc(-n2c3[c-]c(Oc4[c-]c5c(cc4)c4ccccc4n5-c4ccccn4)ccc3c3ccc(Oc4[c-]c5c(cc4)c4ccccc4n5-c4ccccn4)[c-]c32)nc([2H])c1[2H].[Pt+2].[Pt+2]. The summed E-state index contributed by atoms with van der Waals surface area (Å²) >= 11 is 0. The van der Waals surface area contributed by atoms with Gasteiger partial charge in [-0.05, 0) is 53.2 Å². The van der Waals surface area contributed by atoms with E-state index in [1.165, 1.54) is 0 Å². The van der Waals surface area contributed by atoms with Gasteiger partial charge in [-0.2, -0.15) is 35.0 Å². The van der Waals surface area contributed by atoms with Gasteiger partial charge in [0.2, 0.25) is 5.95 Å². The van der Waals surface area contributed by atoms with E-state index in [-0.39, 0.29) is 66.5 Å². The molecule has 294 valence electrons. The molecule has 0 aliphatic rings. The molecule has 6 aromatic heterocycles. The first-order valence-electron chi connectivity index (χ1n) is 20.3. The molecule has 0 bridgehead atoms. The molecule has 0 radical (unpaired) electrons. The van der Waals surface area contributed by atoms with Crippen LogP contribution in [0.15, 0.2) is 164 Å². The summed E-state index contributed by atoms with van der Waals surface area (Å²) in [6.07, 6.45) is 2.77. The summed E-state index contributed by atoms with van der Waals surface area (Å²) in [7, 11) is 0. The van der Waals surface area contributed by atoms with E-state index in [9.17, 15) is 0 Å². The molecule has 0 spiro atoms. The molecule has 0 unspecified atom stereocenters. The van der Waals surface area contributed by atoms with Crippen molar-refractivity contribution in [2.45, 2.75) is 0 Å². The van der Waals surface area contributed by atoms with Gasteiger partial charge in [-0.3, -0.25) is 0 Å². The summed E-state index contributed by atoms with van der Waals surface area (Å²) < 4.78 is 43.7. The molecule has 11 heteroatoms. The Hall–Kier alpha value is -6.92. The molecule has 0 aliphatic carbocycles. The fourth-order valence-corrected chi connectivity index (χ4v) is 8.00. The zero-order valence-electron chi connectivity index (χ0n) is 34.4. The van der Waals surface area contributed by atoms with Crippen LogP contribution in [0, 0.1) is 24.3 Å². The summed E-state index contributed by atoms with van der Waals surface area (Å²) in [5, 5.41) is 5.70.